The molecule has 2 aromatic rings. The lowest BCUT2D eigenvalue weighted by molar-refractivity contribution is 0.570. The average Bonchev–Trinajstić information content (AvgIpc) is 2.55. The molecular formula is C21H27N. The summed E-state index contributed by atoms with van der Waals surface area (Å²) in [7, 11) is 0. The molecule has 0 aromatic heterocycles. The van der Waals surface area contributed by atoms with E-state index in [1.807, 2.05) is 0 Å². The van der Waals surface area contributed by atoms with Crippen molar-refractivity contribution in [1.29, 1.82) is 0 Å². The molecule has 0 saturated heterocycles. The van der Waals surface area contributed by atoms with Gasteiger partial charge in [0.2, 0.25) is 0 Å². The molecule has 0 aliphatic rings. The van der Waals surface area contributed by atoms with Gasteiger partial charge in [0, 0.05) is 5.70 Å². The zero-order valence-corrected chi connectivity index (χ0v) is 13.8. The highest BCUT2D eigenvalue weighted by Crippen LogP contribution is 2.21. The van der Waals surface area contributed by atoms with E-state index in [1.54, 1.807) is 0 Å². The summed E-state index contributed by atoms with van der Waals surface area (Å²) in [5.41, 5.74) is 5.12. The fourth-order valence-corrected chi connectivity index (χ4v) is 2.61. The molecule has 116 valence electrons. The van der Waals surface area contributed by atoms with Gasteiger partial charge in [-0.05, 0) is 37.3 Å². The lowest BCUT2D eigenvalue weighted by Gasteiger charge is -2.22. The molecule has 0 aliphatic heterocycles. The Labute approximate surface area is 135 Å². The Morgan fingerprint density at radius 1 is 1.05 bits per heavy atom. The van der Waals surface area contributed by atoms with Gasteiger partial charge < -0.3 is 5.32 Å². The first kappa shape index (κ1) is 16.4. The molecule has 22 heavy (non-hydrogen) atoms. The van der Waals surface area contributed by atoms with E-state index in [1.165, 1.54) is 29.5 Å². The van der Waals surface area contributed by atoms with Crippen LogP contribution in [0.2, 0.25) is 0 Å². The summed E-state index contributed by atoms with van der Waals surface area (Å²) in [5, 5.41) is 3.64. The summed E-state index contributed by atoms with van der Waals surface area (Å²) in [5.74, 6) is 0. The monoisotopic (exact) mass is 293 g/mol. The van der Waals surface area contributed by atoms with Gasteiger partial charge in [-0.1, -0.05) is 80.1 Å². The van der Waals surface area contributed by atoms with Crippen LogP contribution in [0.3, 0.4) is 0 Å². The fraction of sp³-hybridized carbons (Fsp3) is 0.333. The van der Waals surface area contributed by atoms with Gasteiger partial charge in [-0.3, -0.25) is 0 Å². The van der Waals surface area contributed by atoms with Crippen molar-refractivity contribution in [3.05, 3.63) is 83.6 Å². The zero-order valence-electron chi connectivity index (χ0n) is 13.8. The third kappa shape index (κ3) is 5.07. The summed E-state index contributed by atoms with van der Waals surface area (Å²) in [6, 6.07) is 19.8. The molecule has 0 radical (unpaired) electrons. The molecule has 1 atom stereocenters. The number of nitrogens with one attached hydrogen (secondary N) is 1. The maximum atomic E-state index is 4.20. The first-order valence-electron chi connectivity index (χ1n) is 8.24. The molecule has 0 amide bonds. The Bertz CT molecular complexity index is 569. The van der Waals surface area contributed by atoms with E-state index in [0.717, 1.165) is 18.5 Å². The van der Waals surface area contributed by atoms with Crippen molar-refractivity contribution in [1.82, 2.24) is 5.32 Å². The Morgan fingerprint density at radius 2 is 1.73 bits per heavy atom. The number of hydrogen-bond acceptors (Lipinski definition) is 1. The number of allylic oxidation sites excluding steroid dienone is 1. The highest BCUT2D eigenvalue weighted by molar-refractivity contribution is 5.26. The van der Waals surface area contributed by atoms with Gasteiger partial charge in [0.1, 0.15) is 0 Å². The van der Waals surface area contributed by atoms with E-state index in [9.17, 15) is 0 Å². The number of aryl methyl sites for hydroxylation is 1. The molecule has 1 nitrogen and oxygen atoms in total. The molecule has 0 fully saturated rings. The summed E-state index contributed by atoms with van der Waals surface area (Å²) >= 11 is 0. The molecule has 2 aromatic carbocycles. The number of unbranched alkanes of at least 4 members (excludes halogenated alkanes) is 1. The summed E-state index contributed by atoms with van der Waals surface area (Å²) < 4.78 is 0. The molecule has 2 rings (SSSR count). The second-order valence-electron chi connectivity index (χ2n) is 6.00. The first-order chi connectivity index (χ1) is 10.7. The van der Waals surface area contributed by atoms with Crippen LogP contribution in [0.15, 0.2) is 66.9 Å². The average molecular weight is 293 g/mol. The van der Waals surface area contributed by atoms with Crippen molar-refractivity contribution in [3.8, 4) is 0 Å². The lowest BCUT2D eigenvalue weighted by atomic mass is 9.97. The van der Waals surface area contributed by atoms with E-state index < -0.39 is 0 Å². The van der Waals surface area contributed by atoms with Crippen LogP contribution < -0.4 is 5.32 Å². The lowest BCUT2D eigenvalue weighted by Crippen LogP contribution is -2.22. The molecule has 1 N–H and O–H groups in total. The second-order valence-corrected chi connectivity index (χ2v) is 6.00. The van der Waals surface area contributed by atoms with Crippen LogP contribution in [0, 0.1) is 6.92 Å². The van der Waals surface area contributed by atoms with Gasteiger partial charge in [0.25, 0.3) is 0 Å². The van der Waals surface area contributed by atoms with E-state index in [2.05, 4.69) is 80.3 Å². The van der Waals surface area contributed by atoms with Crippen LogP contribution in [0.1, 0.15) is 48.9 Å². The van der Waals surface area contributed by atoms with Crippen LogP contribution in [0.25, 0.3) is 0 Å². The highest BCUT2D eigenvalue weighted by Gasteiger charge is 2.12. The second kappa shape index (κ2) is 8.43. The normalized spacial score (nSPS) is 11.9. The molecule has 0 saturated carbocycles. The molecule has 0 spiro atoms. The third-order valence-electron chi connectivity index (χ3n) is 3.97. The number of benzene rings is 2. The Morgan fingerprint density at radius 3 is 2.36 bits per heavy atom. The highest BCUT2D eigenvalue weighted by atomic mass is 14.9. The maximum absolute atomic E-state index is 4.20. The standard InChI is InChI=1S/C21H27N/c1-4-5-9-18(3)22-21(20-10-7-6-8-11-20)16-19-14-12-17(2)13-15-19/h6-8,10-15,21-22H,3-5,9,16H2,1-2H3. The van der Waals surface area contributed by atoms with Crippen molar-refractivity contribution >= 4 is 0 Å². The third-order valence-corrected chi connectivity index (χ3v) is 3.97. The summed E-state index contributed by atoms with van der Waals surface area (Å²) in [4.78, 5) is 0. The molecular weight excluding hydrogens is 266 g/mol. The SMILES string of the molecule is C=C(CCCC)NC(Cc1ccc(C)cc1)c1ccccc1. The molecule has 1 unspecified atom stereocenters. The minimum Gasteiger partial charge on any atom is -0.382 e. The maximum Gasteiger partial charge on any atom is 0.0550 e. The van der Waals surface area contributed by atoms with Crippen LogP contribution >= 0.6 is 0 Å². The minimum atomic E-state index is 0.285. The Balaban J connectivity index is 2.11. The largest absolute Gasteiger partial charge is 0.382 e. The molecule has 0 bridgehead atoms. The van der Waals surface area contributed by atoms with Crippen LogP contribution in [0.4, 0.5) is 0 Å². The summed E-state index contributed by atoms with van der Waals surface area (Å²) in [6.07, 6.45) is 4.43. The van der Waals surface area contributed by atoms with Crippen molar-refractivity contribution in [2.24, 2.45) is 0 Å². The predicted molar refractivity (Wildman–Crippen MR) is 95.9 cm³/mol. The van der Waals surface area contributed by atoms with Crippen molar-refractivity contribution in [2.75, 3.05) is 0 Å². The van der Waals surface area contributed by atoms with Gasteiger partial charge in [0.05, 0.1) is 6.04 Å². The van der Waals surface area contributed by atoms with Crippen LogP contribution in [-0.2, 0) is 6.42 Å². The first-order valence-corrected chi connectivity index (χ1v) is 8.24. The quantitative estimate of drug-likeness (QED) is 0.670. The van der Waals surface area contributed by atoms with Gasteiger partial charge >= 0.3 is 0 Å². The van der Waals surface area contributed by atoms with E-state index >= 15 is 0 Å². The number of hydrogen-bond donors (Lipinski definition) is 1. The fourth-order valence-electron chi connectivity index (χ4n) is 2.61. The van der Waals surface area contributed by atoms with E-state index in [-0.39, 0.29) is 6.04 Å². The summed E-state index contributed by atoms with van der Waals surface area (Å²) in [6.45, 7) is 8.55. The Kier molecular flexibility index (Phi) is 6.27. The molecule has 0 aliphatic carbocycles. The van der Waals surface area contributed by atoms with E-state index in [4.69, 9.17) is 0 Å². The topological polar surface area (TPSA) is 12.0 Å². The predicted octanol–water partition coefficient (Wildman–Crippen LogP) is 5.57. The van der Waals surface area contributed by atoms with Crippen molar-refractivity contribution in [3.63, 3.8) is 0 Å². The zero-order chi connectivity index (χ0) is 15.8. The van der Waals surface area contributed by atoms with Gasteiger partial charge in [-0.15, -0.1) is 0 Å². The van der Waals surface area contributed by atoms with Gasteiger partial charge in [-0.25, -0.2) is 0 Å². The molecule has 1 heteroatoms. The van der Waals surface area contributed by atoms with Gasteiger partial charge in [-0.2, -0.15) is 0 Å². The van der Waals surface area contributed by atoms with Crippen LogP contribution in [0.5, 0.6) is 0 Å². The van der Waals surface area contributed by atoms with Crippen molar-refractivity contribution in [2.45, 2.75) is 45.6 Å². The van der Waals surface area contributed by atoms with Crippen molar-refractivity contribution < 1.29 is 0 Å². The Hall–Kier alpha value is -2.02. The van der Waals surface area contributed by atoms with E-state index in [0.29, 0.717) is 0 Å². The smallest absolute Gasteiger partial charge is 0.0550 e. The van der Waals surface area contributed by atoms with Crippen LogP contribution in [-0.4, -0.2) is 0 Å². The molecule has 0 heterocycles. The minimum absolute atomic E-state index is 0.285. The number of rotatable bonds is 8. The van der Waals surface area contributed by atoms with Gasteiger partial charge in [0.15, 0.2) is 0 Å².